The minimum atomic E-state index is -0.467. The van der Waals surface area contributed by atoms with E-state index in [1.807, 2.05) is 19.9 Å². The number of rotatable bonds is 2. The molecular weight excluding hydrogens is 236 g/mol. The van der Waals surface area contributed by atoms with Crippen LogP contribution in [0.15, 0.2) is 6.07 Å². The first-order chi connectivity index (χ1) is 8.00. The highest BCUT2D eigenvalue weighted by molar-refractivity contribution is 7.14. The molecule has 1 amide bonds. The van der Waals surface area contributed by atoms with E-state index in [0.717, 1.165) is 10.4 Å². The van der Waals surface area contributed by atoms with Crippen molar-refractivity contribution >= 4 is 17.2 Å². The van der Waals surface area contributed by atoms with Crippen LogP contribution < -0.4 is 5.32 Å². The number of aliphatic hydroxyl groups excluding tert-OH is 1. The van der Waals surface area contributed by atoms with Crippen LogP contribution in [0.4, 0.5) is 0 Å². The summed E-state index contributed by atoms with van der Waals surface area (Å²) in [4.78, 5) is 15.8. The van der Waals surface area contributed by atoms with Gasteiger partial charge in [-0.3, -0.25) is 4.79 Å². The van der Waals surface area contributed by atoms with Crippen LogP contribution in [0, 0.1) is 13.8 Å². The Kier molecular flexibility index (Phi) is 3.51. The second kappa shape index (κ2) is 4.76. The van der Waals surface area contributed by atoms with Crippen LogP contribution in [0.3, 0.4) is 0 Å². The Morgan fingerprint density at radius 3 is 2.71 bits per heavy atom. The Hall–Kier alpha value is -0.910. The first-order valence-electron chi connectivity index (χ1n) is 5.73. The second-order valence-corrected chi connectivity index (χ2v) is 5.82. The van der Waals surface area contributed by atoms with Gasteiger partial charge in [0.1, 0.15) is 0 Å². The van der Waals surface area contributed by atoms with Crippen molar-refractivity contribution < 1.29 is 9.90 Å². The molecule has 2 N–H and O–H groups in total. The molecule has 1 aromatic rings. The Bertz CT molecular complexity index is 411. The molecule has 0 radical (unpaired) electrons. The van der Waals surface area contributed by atoms with Gasteiger partial charge in [0.05, 0.1) is 17.0 Å². The van der Waals surface area contributed by atoms with Crippen molar-refractivity contribution in [2.45, 2.75) is 26.0 Å². The number of hydrogen-bond acceptors (Lipinski definition) is 4. The van der Waals surface area contributed by atoms with E-state index in [-0.39, 0.29) is 11.9 Å². The maximum Gasteiger partial charge on any atom is 0.264 e. The van der Waals surface area contributed by atoms with Crippen molar-refractivity contribution in [3.8, 4) is 0 Å². The minimum absolute atomic E-state index is 0.000972. The standard InChI is InChI=1S/C12H18N2O2S/c1-7-4-11(17-8(7)2)12(16)14(3)9-5-13-6-10(9)15/h4,9-10,13,15H,5-6H2,1-3H3/t9-,10-/m0/s1. The molecule has 17 heavy (non-hydrogen) atoms. The molecule has 0 spiro atoms. The van der Waals surface area contributed by atoms with Gasteiger partial charge in [-0.2, -0.15) is 0 Å². The molecule has 0 aliphatic carbocycles. The number of aryl methyl sites for hydroxylation is 2. The molecule has 2 heterocycles. The van der Waals surface area contributed by atoms with Crippen LogP contribution in [0.5, 0.6) is 0 Å². The van der Waals surface area contributed by atoms with E-state index in [2.05, 4.69) is 5.32 Å². The van der Waals surface area contributed by atoms with E-state index in [9.17, 15) is 9.90 Å². The Morgan fingerprint density at radius 1 is 1.53 bits per heavy atom. The predicted octanol–water partition coefficient (Wildman–Crippen LogP) is 0.770. The van der Waals surface area contributed by atoms with Crippen molar-refractivity contribution in [2.75, 3.05) is 20.1 Å². The molecule has 1 aliphatic heterocycles. The number of hydrogen-bond donors (Lipinski definition) is 2. The summed E-state index contributed by atoms with van der Waals surface area (Å²) in [6, 6.07) is 1.80. The van der Waals surface area contributed by atoms with Crippen molar-refractivity contribution in [3.63, 3.8) is 0 Å². The molecule has 0 aromatic carbocycles. The van der Waals surface area contributed by atoms with Crippen molar-refractivity contribution in [2.24, 2.45) is 0 Å². The topological polar surface area (TPSA) is 52.6 Å². The van der Waals surface area contributed by atoms with Gasteiger partial charge in [0.25, 0.3) is 5.91 Å². The molecule has 1 aromatic heterocycles. The first-order valence-corrected chi connectivity index (χ1v) is 6.55. The maximum atomic E-state index is 12.2. The van der Waals surface area contributed by atoms with Gasteiger partial charge in [-0.15, -0.1) is 11.3 Å². The second-order valence-electron chi connectivity index (χ2n) is 4.56. The molecule has 4 nitrogen and oxygen atoms in total. The zero-order valence-electron chi connectivity index (χ0n) is 10.4. The highest BCUT2D eigenvalue weighted by Crippen LogP contribution is 2.23. The van der Waals surface area contributed by atoms with Gasteiger partial charge in [-0.25, -0.2) is 0 Å². The Morgan fingerprint density at radius 2 is 2.24 bits per heavy atom. The largest absolute Gasteiger partial charge is 0.390 e. The van der Waals surface area contributed by atoms with Crippen LogP contribution in [0.1, 0.15) is 20.1 Å². The van der Waals surface area contributed by atoms with E-state index in [0.29, 0.717) is 13.1 Å². The van der Waals surface area contributed by atoms with E-state index in [4.69, 9.17) is 0 Å². The third-order valence-corrected chi connectivity index (χ3v) is 4.49. The van der Waals surface area contributed by atoms with E-state index < -0.39 is 6.10 Å². The van der Waals surface area contributed by atoms with Crippen molar-refractivity contribution in [3.05, 3.63) is 21.4 Å². The molecule has 0 saturated carbocycles. The summed E-state index contributed by atoms with van der Waals surface area (Å²) in [7, 11) is 1.76. The number of nitrogens with one attached hydrogen (secondary N) is 1. The number of likely N-dealkylation sites (N-methyl/N-ethyl adjacent to an activating group) is 1. The van der Waals surface area contributed by atoms with Gasteiger partial charge in [-0.1, -0.05) is 0 Å². The lowest BCUT2D eigenvalue weighted by Gasteiger charge is -2.25. The Labute approximate surface area is 105 Å². The third kappa shape index (κ3) is 2.36. The summed E-state index contributed by atoms with van der Waals surface area (Å²) in [5.74, 6) is -0.000972. The third-order valence-electron chi connectivity index (χ3n) is 3.35. The summed E-state index contributed by atoms with van der Waals surface area (Å²) in [5.41, 5.74) is 1.15. The lowest BCUT2D eigenvalue weighted by molar-refractivity contribution is 0.0585. The summed E-state index contributed by atoms with van der Waals surface area (Å²) in [6.45, 7) is 5.24. The van der Waals surface area contributed by atoms with E-state index >= 15 is 0 Å². The molecule has 2 atom stereocenters. The molecule has 94 valence electrons. The van der Waals surface area contributed by atoms with E-state index in [1.54, 1.807) is 11.9 Å². The molecule has 0 unspecified atom stereocenters. The molecule has 0 bridgehead atoms. The van der Waals surface area contributed by atoms with E-state index in [1.165, 1.54) is 16.2 Å². The normalized spacial score (nSPS) is 24.0. The molecule has 2 rings (SSSR count). The monoisotopic (exact) mass is 254 g/mol. The zero-order chi connectivity index (χ0) is 12.6. The number of thiophene rings is 1. The van der Waals surface area contributed by atoms with Gasteiger partial charge < -0.3 is 15.3 Å². The van der Waals surface area contributed by atoms with Crippen LogP contribution in [-0.4, -0.2) is 48.2 Å². The van der Waals surface area contributed by atoms with Crippen LogP contribution >= 0.6 is 11.3 Å². The fourth-order valence-corrected chi connectivity index (χ4v) is 3.07. The summed E-state index contributed by atoms with van der Waals surface area (Å²) in [6.07, 6.45) is -0.467. The van der Waals surface area contributed by atoms with Crippen molar-refractivity contribution in [1.82, 2.24) is 10.2 Å². The van der Waals surface area contributed by atoms with Gasteiger partial charge in [0, 0.05) is 25.0 Å². The smallest absolute Gasteiger partial charge is 0.264 e. The number of carbonyl (C=O) groups excluding carboxylic acids is 1. The average Bonchev–Trinajstić information content (AvgIpc) is 2.84. The quantitative estimate of drug-likeness (QED) is 0.819. The highest BCUT2D eigenvalue weighted by atomic mass is 32.1. The maximum absolute atomic E-state index is 12.2. The van der Waals surface area contributed by atoms with Gasteiger partial charge in [0.15, 0.2) is 0 Å². The predicted molar refractivity (Wildman–Crippen MR) is 68.6 cm³/mol. The van der Waals surface area contributed by atoms with Crippen LogP contribution in [0.25, 0.3) is 0 Å². The lowest BCUT2D eigenvalue weighted by atomic mass is 10.2. The molecule has 1 fully saturated rings. The van der Waals surface area contributed by atoms with Gasteiger partial charge in [-0.05, 0) is 25.5 Å². The first kappa shape index (κ1) is 12.5. The Balaban J connectivity index is 2.14. The summed E-state index contributed by atoms with van der Waals surface area (Å²) < 4.78 is 0. The van der Waals surface area contributed by atoms with Gasteiger partial charge in [0.2, 0.25) is 0 Å². The lowest BCUT2D eigenvalue weighted by Crippen LogP contribution is -2.44. The molecular formula is C12H18N2O2S. The highest BCUT2D eigenvalue weighted by Gasteiger charge is 2.32. The van der Waals surface area contributed by atoms with Crippen LogP contribution in [-0.2, 0) is 0 Å². The fourth-order valence-electron chi connectivity index (χ4n) is 2.05. The minimum Gasteiger partial charge on any atom is -0.390 e. The number of β-amino-alcohol motifs (C(OH)–C–C–N with tert-alkyl or cyclic N) is 1. The summed E-state index contributed by atoms with van der Waals surface area (Å²) in [5, 5.41) is 12.8. The fraction of sp³-hybridized carbons (Fsp3) is 0.583. The van der Waals surface area contributed by atoms with Crippen LogP contribution in [0.2, 0.25) is 0 Å². The number of aliphatic hydroxyl groups is 1. The molecule has 1 saturated heterocycles. The molecule has 1 aliphatic rings. The number of amides is 1. The summed E-state index contributed by atoms with van der Waals surface area (Å²) >= 11 is 1.52. The number of nitrogens with zero attached hydrogens (tertiary/aromatic N) is 1. The average molecular weight is 254 g/mol. The van der Waals surface area contributed by atoms with Gasteiger partial charge >= 0.3 is 0 Å². The number of carbonyl (C=O) groups is 1. The zero-order valence-corrected chi connectivity index (χ0v) is 11.2. The van der Waals surface area contributed by atoms with Crippen molar-refractivity contribution in [1.29, 1.82) is 0 Å². The molecule has 5 heteroatoms. The SMILES string of the molecule is Cc1cc(C(=O)N(C)[C@H]2CNC[C@@H]2O)sc1C.